The van der Waals surface area contributed by atoms with Crippen molar-refractivity contribution >= 4 is 11.9 Å². The molecule has 6 heteroatoms. The lowest BCUT2D eigenvalue weighted by atomic mass is 9.80. The van der Waals surface area contributed by atoms with Gasteiger partial charge in [-0.2, -0.15) is 0 Å². The molecule has 0 aromatic carbocycles. The topological polar surface area (TPSA) is 87.7 Å². The molecular weight excluding hydrogens is 248 g/mol. The second-order valence-electron chi connectivity index (χ2n) is 5.12. The number of hydrogen-bond donors (Lipinski definition) is 3. The molecule has 3 N–H and O–H groups in total. The second-order valence-corrected chi connectivity index (χ2v) is 5.12. The van der Waals surface area contributed by atoms with Crippen LogP contribution in [-0.2, 0) is 14.3 Å². The summed E-state index contributed by atoms with van der Waals surface area (Å²) in [5.41, 5.74) is -0.869. The lowest BCUT2D eigenvalue weighted by molar-refractivity contribution is -0.154. The highest BCUT2D eigenvalue weighted by Gasteiger charge is 2.40. The molecule has 0 aromatic heterocycles. The number of hydrogen-bond acceptors (Lipinski definition) is 4. The van der Waals surface area contributed by atoms with E-state index < -0.39 is 11.4 Å². The summed E-state index contributed by atoms with van der Waals surface area (Å²) in [5.74, 6) is -1.12. The van der Waals surface area contributed by atoms with Gasteiger partial charge in [0.25, 0.3) is 0 Å². The third-order valence-corrected chi connectivity index (χ3v) is 3.65. The summed E-state index contributed by atoms with van der Waals surface area (Å²) in [6, 6.07) is 0. The van der Waals surface area contributed by atoms with Gasteiger partial charge in [0.15, 0.2) is 0 Å². The van der Waals surface area contributed by atoms with Crippen LogP contribution in [-0.4, -0.2) is 49.8 Å². The Bertz CT molecular complexity index is 314. The maximum Gasteiger partial charge on any atom is 0.311 e. The summed E-state index contributed by atoms with van der Waals surface area (Å²) in [6.07, 6.45) is 0.897. The molecule has 1 fully saturated rings. The highest BCUT2D eigenvalue weighted by atomic mass is 16.5. The molecule has 0 aromatic rings. The highest BCUT2D eigenvalue weighted by Crippen LogP contribution is 2.30. The summed E-state index contributed by atoms with van der Waals surface area (Å²) in [4.78, 5) is 23.3. The van der Waals surface area contributed by atoms with E-state index >= 15 is 0 Å². The monoisotopic (exact) mass is 272 g/mol. The Hall–Kier alpha value is -1.14. The summed E-state index contributed by atoms with van der Waals surface area (Å²) in [7, 11) is 0. The van der Waals surface area contributed by atoms with Crippen molar-refractivity contribution in [1.29, 1.82) is 0 Å². The van der Waals surface area contributed by atoms with E-state index in [-0.39, 0.29) is 18.4 Å². The number of rotatable bonds is 7. The first-order valence-electron chi connectivity index (χ1n) is 6.81. The molecule has 1 atom stereocenters. The number of aliphatic carboxylic acids is 1. The summed E-state index contributed by atoms with van der Waals surface area (Å²) < 4.78 is 5.20. The molecule has 0 radical (unpaired) electrons. The number of carboxylic acid groups (broad SMARTS) is 1. The van der Waals surface area contributed by atoms with E-state index in [0.29, 0.717) is 32.6 Å². The molecule has 1 saturated heterocycles. The van der Waals surface area contributed by atoms with E-state index in [2.05, 4.69) is 10.6 Å². The number of amides is 1. The fourth-order valence-corrected chi connectivity index (χ4v) is 2.11. The molecule has 1 heterocycles. The molecule has 19 heavy (non-hydrogen) atoms. The standard InChI is InChI=1S/C13H24N2O4/c1-3-14-8-10(2)11(16)15-9-13(12(17)18)4-6-19-7-5-13/h10,14H,3-9H2,1-2H3,(H,15,16)(H,17,18). The number of carboxylic acids is 1. The Morgan fingerprint density at radius 3 is 2.53 bits per heavy atom. The number of nitrogens with one attached hydrogen (secondary N) is 2. The van der Waals surface area contributed by atoms with Crippen molar-refractivity contribution in [2.24, 2.45) is 11.3 Å². The predicted octanol–water partition coefficient (Wildman–Crippen LogP) is 0.230. The third kappa shape index (κ3) is 4.47. The zero-order valence-corrected chi connectivity index (χ0v) is 11.7. The van der Waals surface area contributed by atoms with E-state index in [9.17, 15) is 14.7 Å². The number of carbonyl (C=O) groups excluding carboxylic acids is 1. The van der Waals surface area contributed by atoms with Crippen molar-refractivity contribution in [1.82, 2.24) is 10.6 Å². The first-order chi connectivity index (χ1) is 9.02. The van der Waals surface area contributed by atoms with Gasteiger partial charge in [0.1, 0.15) is 0 Å². The average molecular weight is 272 g/mol. The van der Waals surface area contributed by atoms with Gasteiger partial charge in [-0.05, 0) is 19.4 Å². The first kappa shape index (κ1) is 15.9. The van der Waals surface area contributed by atoms with Crippen LogP contribution < -0.4 is 10.6 Å². The quantitative estimate of drug-likeness (QED) is 0.617. The van der Waals surface area contributed by atoms with Gasteiger partial charge in [-0.3, -0.25) is 9.59 Å². The molecule has 1 aliphatic rings. The zero-order chi connectivity index (χ0) is 14.3. The smallest absolute Gasteiger partial charge is 0.311 e. The lowest BCUT2D eigenvalue weighted by Gasteiger charge is -2.33. The molecular formula is C13H24N2O4. The fraction of sp³-hybridized carbons (Fsp3) is 0.846. The van der Waals surface area contributed by atoms with Crippen LogP contribution in [0.1, 0.15) is 26.7 Å². The molecule has 0 saturated carbocycles. The normalized spacial score (nSPS) is 19.7. The van der Waals surface area contributed by atoms with Crippen LogP contribution in [0, 0.1) is 11.3 Å². The van der Waals surface area contributed by atoms with Crippen LogP contribution in [0.25, 0.3) is 0 Å². The van der Waals surface area contributed by atoms with Crippen LogP contribution in [0.5, 0.6) is 0 Å². The van der Waals surface area contributed by atoms with Gasteiger partial charge < -0.3 is 20.5 Å². The van der Waals surface area contributed by atoms with E-state index in [4.69, 9.17) is 4.74 Å². The predicted molar refractivity (Wildman–Crippen MR) is 70.8 cm³/mol. The van der Waals surface area contributed by atoms with E-state index in [1.165, 1.54) is 0 Å². The summed E-state index contributed by atoms with van der Waals surface area (Å²) in [5, 5.41) is 15.2. The van der Waals surface area contributed by atoms with E-state index in [1.54, 1.807) is 0 Å². The molecule has 0 aliphatic carbocycles. The first-order valence-corrected chi connectivity index (χ1v) is 6.81. The zero-order valence-electron chi connectivity index (χ0n) is 11.7. The third-order valence-electron chi connectivity index (χ3n) is 3.65. The van der Waals surface area contributed by atoms with Gasteiger partial charge in [0.2, 0.25) is 5.91 Å². The molecule has 1 amide bonds. The molecule has 0 bridgehead atoms. The van der Waals surface area contributed by atoms with Gasteiger partial charge in [-0.1, -0.05) is 13.8 Å². The van der Waals surface area contributed by atoms with Crippen LogP contribution in [0.15, 0.2) is 0 Å². The van der Waals surface area contributed by atoms with Gasteiger partial charge in [0, 0.05) is 32.2 Å². The van der Waals surface area contributed by atoms with Gasteiger partial charge in [0.05, 0.1) is 5.41 Å². The van der Waals surface area contributed by atoms with Crippen molar-refractivity contribution in [3.63, 3.8) is 0 Å². The Morgan fingerprint density at radius 1 is 1.37 bits per heavy atom. The molecule has 6 nitrogen and oxygen atoms in total. The van der Waals surface area contributed by atoms with Gasteiger partial charge in [-0.25, -0.2) is 0 Å². The highest BCUT2D eigenvalue weighted by molar-refractivity contribution is 5.80. The van der Waals surface area contributed by atoms with Gasteiger partial charge >= 0.3 is 5.97 Å². The maximum absolute atomic E-state index is 11.9. The SMILES string of the molecule is CCNCC(C)C(=O)NCC1(C(=O)O)CCOCC1. The minimum absolute atomic E-state index is 0.104. The summed E-state index contributed by atoms with van der Waals surface area (Å²) in [6.45, 7) is 6.28. The Morgan fingerprint density at radius 2 is 2.00 bits per heavy atom. The van der Waals surface area contributed by atoms with Crippen molar-refractivity contribution in [2.45, 2.75) is 26.7 Å². The molecule has 110 valence electrons. The van der Waals surface area contributed by atoms with Crippen molar-refractivity contribution in [2.75, 3.05) is 32.8 Å². The molecule has 1 aliphatic heterocycles. The lowest BCUT2D eigenvalue weighted by Crippen LogP contribution is -2.48. The Balaban J connectivity index is 2.48. The number of carbonyl (C=O) groups is 2. The Labute approximate surface area is 113 Å². The van der Waals surface area contributed by atoms with Gasteiger partial charge in [-0.15, -0.1) is 0 Å². The average Bonchev–Trinajstić information content (AvgIpc) is 2.42. The van der Waals surface area contributed by atoms with E-state index in [0.717, 1.165) is 6.54 Å². The van der Waals surface area contributed by atoms with Crippen LogP contribution >= 0.6 is 0 Å². The maximum atomic E-state index is 11.9. The van der Waals surface area contributed by atoms with Crippen LogP contribution in [0.4, 0.5) is 0 Å². The van der Waals surface area contributed by atoms with Crippen molar-refractivity contribution in [3.8, 4) is 0 Å². The van der Waals surface area contributed by atoms with E-state index in [1.807, 2.05) is 13.8 Å². The second kappa shape index (κ2) is 7.45. The molecule has 1 rings (SSSR count). The number of ether oxygens (including phenoxy) is 1. The molecule has 0 spiro atoms. The van der Waals surface area contributed by atoms with Crippen LogP contribution in [0.3, 0.4) is 0 Å². The van der Waals surface area contributed by atoms with Crippen molar-refractivity contribution < 1.29 is 19.4 Å². The minimum Gasteiger partial charge on any atom is -0.481 e. The Kier molecular flexibility index (Phi) is 6.24. The fourth-order valence-electron chi connectivity index (χ4n) is 2.11. The largest absolute Gasteiger partial charge is 0.481 e. The summed E-state index contributed by atoms with van der Waals surface area (Å²) >= 11 is 0. The molecule has 1 unspecified atom stereocenters. The van der Waals surface area contributed by atoms with Crippen molar-refractivity contribution in [3.05, 3.63) is 0 Å². The minimum atomic E-state index is -0.869. The van der Waals surface area contributed by atoms with Crippen LogP contribution in [0.2, 0.25) is 0 Å².